The highest BCUT2D eigenvalue weighted by atomic mass is 32.1. The van der Waals surface area contributed by atoms with Crippen LogP contribution in [0.1, 0.15) is 29.4 Å². The molecule has 0 amide bonds. The molecule has 0 fully saturated rings. The lowest BCUT2D eigenvalue weighted by Gasteiger charge is -2.21. The SMILES string of the molecule is CCOC(C)(O)c1sc(C=CC(=O)OC)nc1C. The molecule has 1 N–H and O–H groups in total. The van der Waals surface area contributed by atoms with Gasteiger partial charge < -0.3 is 14.6 Å². The van der Waals surface area contributed by atoms with Crippen molar-refractivity contribution in [2.24, 2.45) is 0 Å². The molecule has 0 aliphatic carbocycles. The maximum absolute atomic E-state index is 11.0. The van der Waals surface area contributed by atoms with E-state index in [0.717, 1.165) is 0 Å². The van der Waals surface area contributed by atoms with E-state index in [9.17, 15) is 9.90 Å². The van der Waals surface area contributed by atoms with Gasteiger partial charge in [0.1, 0.15) is 5.01 Å². The van der Waals surface area contributed by atoms with Gasteiger partial charge in [-0.05, 0) is 26.8 Å². The zero-order valence-electron chi connectivity index (χ0n) is 10.9. The van der Waals surface area contributed by atoms with Gasteiger partial charge in [-0.15, -0.1) is 11.3 Å². The molecule has 0 saturated carbocycles. The molecular formula is C12H17NO4S. The van der Waals surface area contributed by atoms with E-state index in [0.29, 0.717) is 22.2 Å². The highest BCUT2D eigenvalue weighted by Crippen LogP contribution is 2.31. The number of carbonyl (C=O) groups excluding carboxylic acids is 1. The highest BCUT2D eigenvalue weighted by molar-refractivity contribution is 7.12. The fourth-order valence-corrected chi connectivity index (χ4v) is 2.44. The standard InChI is InChI=1S/C12H17NO4S/c1-5-17-12(3,15)11-8(2)13-9(18-11)6-7-10(14)16-4/h6-7,15H,5H2,1-4H3. The first-order chi connectivity index (χ1) is 8.40. The van der Waals surface area contributed by atoms with Crippen LogP contribution in [0, 0.1) is 6.92 Å². The van der Waals surface area contributed by atoms with Crippen LogP contribution in [0.5, 0.6) is 0 Å². The fourth-order valence-electron chi connectivity index (χ4n) is 1.47. The molecular weight excluding hydrogens is 254 g/mol. The van der Waals surface area contributed by atoms with Crippen molar-refractivity contribution in [1.29, 1.82) is 0 Å². The number of hydrogen-bond donors (Lipinski definition) is 1. The number of methoxy groups -OCH3 is 1. The third-order valence-corrected chi connectivity index (χ3v) is 3.54. The zero-order chi connectivity index (χ0) is 13.8. The summed E-state index contributed by atoms with van der Waals surface area (Å²) in [5.74, 6) is -1.80. The number of carbonyl (C=O) groups is 1. The van der Waals surface area contributed by atoms with Crippen LogP contribution in [0.4, 0.5) is 0 Å². The molecule has 0 bridgehead atoms. The number of aliphatic hydroxyl groups is 1. The molecule has 1 heterocycles. The van der Waals surface area contributed by atoms with Crippen molar-refractivity contribution < 1.29 is 19.4 Å². The predicted octanol–water partition coefficient (Wildman–Crippen LogP) is 1.84. The Morgan fingerprint density at radius 3 is 2.83 bits per heavy atom. The van der Waals surface area contributed by atoms with Crippen molar-refractivity contribution in [2.45, 2.75) is 26.6 Å². The first-order valence-corrected chi connectivity index (χ1v) is 6.32. The predicted molar refractivity (Wildman–Crippen MR) is 69.1 cm³/mol. The number of nitrogens with zero attached hydrogens (tertiary/aromatic N) is 1. The highest BCUT2D eigenvalue weighted by Gasteiger charge is 2.28. The summed E-state index contributed by atoms with van der Waals surface area (Å²) in [4.78, 5) is 15.9. The average molecular weight is 271 g/mol. The molecule has 0 aliphatic heterocycles. The third kappa shape index (κ3) is 3.63. The van der Waals surface area contributed by atoms with Gasteiger partial charge in [-0.3, -0.25) is 0 Å². The molecule has 1 atom stereocenters. The van der Waals surface area contributed by atoms with Crippen molar-refractivity contribution in [3.05, 3.63) is 21.7 Å². The van der Waals surface area contributed by atoms with E-state index in [4.69, 9.17) is 4.74 Å². The van der Waals surface area contributed by atoms with E-state index >= 15 is 0 Å². The number of esters is 1. The minimum atomic E-state index is -1.35. The molecule has 0 spiro atoms. The second-order valence-electron chi connectivity index (χ2n) is 3.74. The van der Waals surface area contributed by atoms with E-state index in [2.05, 4.69) is 9.72 Å². The summed E-state index contributed by atoms with van der Waals surface area (Å²) in [6.45, 7) is 5.57. The lowest BCUT2D eigenvalue weighted by Crippen LogP contribution is -2.24. The van der Waals surface area contributed by atoms with Gasteiger partial charge in [0.25, 0.3) is 0 Å². The van der Waals surface area contributed by atoms with E-state index in [1.807, 2.05) is 6.92 Å². The van der Waals surface area contributed by atoms with Crippen molar-refractivity contribution in [2.75, 3.05) is 13.7 Å². The summed E-state index contributed by atoms with van der Waals surface area (Å²) >= 11 is 1.28. The maximum atomic E-state index is 11.0. The van der Waals surface area contributed by atoms with E-state index in [-0.39, 0.29) is 0 Å². The van der Waals surface area contributed by atoms with Crippen LogP contribution in [0.2, 0.25) is 0 Å². The van der Waals surface area contributed by atoms with Crippen molar-refractivity contribution in [3.63, 3.8) is 0 Å². The minimum Gasteiger partial charge on any atom is -0.466 e. The molecule has 18 heavy (non-hydrogen) atoms. The topological polar surface area (TPSA) is 68.7 Å². The van der Waals surface area contributed by atoms with Crippen LogP contribution >= 0.6 is 11.3 Å². The Balaban J connectivity index is 2.95. The lowest BCUT2D eigenvalue weighted by molar-refractivity contribution is -0.193. The molecule has 1 unspecified atom stereocenters. The van der Waals surface area contributed by atoms with Crippen molar-refractivity contribution >= 4 is 23.4 Å². The maximum Gasteiger partial charge on any atom is 0.330 e. The van der Waals surface area contributed by atoms with Gasteiger partial charge in [0.2, 0.25) is 5.79 Å². The molecule has 100 valence electrons. The molecule has 1 aromatic heterocycles. The first kappa shape index (κ1) is 14.8. The number of aromatic nitrogens is 1. The van der Waals surface area contributed by atoms with Gasteiger partial charge in [-0.1, -0.05) is 0 Å². The fraction of sp³-hybridized carbons (Fsp3) is 0.500. The first-order valence-electron chi connectivity index (χ1n) is 5.51. The summed E-state index contributed by atoms with van der Waals surface area (Å²) in [5.41, 5.74) is 0.683. The second-order valence-corrected chi connectivity index (χ2v) is 4.77. The Labute approximate surface area is 110 Å². The summed E-state index contributed by atoms with van der Waals surface area (Å²) in [5, 5.41) is 10.8. The molecule has 1 aromatic rings. The largest absolute Gasteiger partial charge is 0.466 e. The number of aryl methyl sites for hydroxylation is 1. The van der Waals surface area contributed by atoms with Gasteiger partial charge in [0, 0.05) is 12.7 Å². The average Bonchev–Trinajstić information content (AvgIpc) is 2.68. The molecule has 0 aromatic carbocycles. The lowest BCUT2D eigenvalue weighted by atomic mass is 10.2. The molecule has 5 nitrogen and oxygen atoms in total. The van der Waals surface area contributed by atoms with Crippen molar-refractivity contribution in [3.8, 4) is 0 Å². The smallest absolute Gasteiger partial charge is 0.330 e. The molecule has 0 radical (unpaired) electrons. The summed E-state index contributed by atoms with van der Waals surface area (Å²) in [6, 6.07) is 0. The quantitative estimate of drug-likeness (QED) is 0.503. The van der Waals surface area contributed by atoms with Gasteiger partial charge in [-0.2, -0.15) is 0 Å². The number of ether oxygens (including phenoxy) is 2. The minimum absolute atomic E-state index is 0.400. The van der Waals surface area contributed by atoms with E-state index in [1.54, 1.807) is 19.9 Å². The van der Waals surface area contributed by atoms with Crippen LogP contribution in [0.3, 0.4) is 0 Å². The van der Waals surface area contributed by atoms with Gasteiger partial charge in [-0.25, -0.2) is 9.78 Å². The number of rotatable bonds is 5. The van der Waals surface area contributed by atoms with Gasteiger partial charge in [0.05, 0.1) is 17.7 Å². The van der Waals surface area contributed by atoms with Crippen LogP contribution in [-0.2, 0) is 20.1 Å². The molecule has 0 saturated heterocycles. The Bertz CT molecular complexity index is 451. The van der Waals surface area contributed by atoms with Crippen LogP contribution in [0.15, 0.2) is 6.08 Å². The summed E-state index contributed by atoms with van der Waals surface area (Å²) in [6.07, 6.45) is 2.84. The Morgan fingerprint density at radius 1 is 1.61 bits per heavy atom. The zero-order valence-corrected chi connectivity index (χ0v) is 11.7. The summed E-state index contributed by atoms with van der Waals surface area (Å²) < 4.78 is 9.76. The Kier molecular flexibility index (Phi) is 5.01. The monoisotopic (exact) mass is 271 g/mol. The van der Waals surface area contributed by atoms with Crippen molar-refractivity contribution in [1.82, 2.24) is 4.98 Å². The third-order valence-electron chi connectivity index (χ3n) is 2.22. The second kappa shape index (κ2) is 6.08. The van der Waals surface area contributed by atoms with Crippen LogP contribution in [-0.4, -0.2) is 29.8 Å². The van der Waals surface area contributed by atoms with Gasteiger partial charge >= 0.3 is 5.97 Å². The Morgan fingerprint density at radius 2 is 2.28 bits per heavy atom. The molecule has 6 heteroatoms. The normalized spacial score (nSPS) is 14.7. The van der Waals surface area contributed by atoms with Crippen LogP contribution < -0.4 is 0 Å². The summed E-state index contributed by atoms with van der Waals surface area (Å²) in [7, 11) is 1.31. The number of hydrogen-bond acceptors (Lipinski definition) is 6. The molecule has 0 aliphatic rings. The van der Waals surface area contributed by atoms with Gasteiger partial charge in [0.15, 0.2) is 0 Å². The molecule has 1 rings (SSSR count). The van der Waals surface area contributed by atoms with E-state index < -0.39 is 11.8 Å². The van der Waals surface area contributed by atoms with Crippen LogP contribution in [0.25, 0.3) is 6.08 Å². The van der Waals surface area contributed by atoms with E-state index in [1.165, 1.54) is 24.5 Å². The number of thiazole rings is 1. The Hall–Kier alpha value is -1.24.